The third kappa shape index (κ3) is 4.43. The largest absolute Gasteiger partial charge is 0.406 e. The molecule has 0 spiro atoms. The Hall–Kier alpha value is -1.72. The van der Waals surface area contributed by atoms with Crippen molar-refractivity contribution in [2.45, 2.75) is 26.4 Å². The fraction of sp³-hybridized carbons (Fsp3) is 0.500. The molecule has 6 heteroatoms. The van der Waals surface area contributed by atoms with Crippen molar-refractivity contribution in [3.8, 4) is 0 Å². The Bertz CT molecular complexity index is 472. The topological polar surface area (TPSA) is 32.3 Å². The molecule has 0 heterocycles. The van der Waals surface area contributed by atoms with Crippen LogP contribution in [0.3, 0.4) is 0 Å². The fourth-order valence-corrected chi connectivity index (χ4v) is 1.96. The second kappa shape index (κ2) is 6.63. The number of halogens is 3. The minimum absolute atomic E-state index is 0.0787. The molecule has 0 unspecified atom stereocenters. The molecule has 0 bridgehead atoms. The Kier molecular flexibility index (Phi) is 5.42. The zero-order valence-corrected chi connectivity index (χ0v) is 11.8. The third-order valence-electron chi connectivity index (χ3n) is 2.83. The van der Waals surface area contributed by atoms with Gasteiger partial charge in [0.2, 0.25) is 0 Å². The number of hydrogen-bond donors (Lipinski definition) is 1. The van der Waals surface area contributed by atoms with E-state index in [2.05, 4.69) is 5.32 Å². The van der Waals surface area contributed by atoms with Crippen LogP contribution in [0.2, 0.25) is 0 Å². The average molecular weight is 288 g/mol. The van der Waals surface area contributed by atoms with Crippen molar-refractivity contribution in [3.63, 3.8) is 0 Å². The van der Waals surface area contributed by atoms with E-state index in [1.807, 2.05) is 6.92 Å². The second-order valence-electron chi connectivity index (χ2n) is 4.64. The first-order chi connectivity index (χ1) is 9.28. The maximum atomic E-state index is 12.5. The lowest BCUT2D eigenvalue weighted by Crippen LogP contribution is -2.39. The molecule has 1 N–H and O–H groups in total. The van der Waals surface area contributed by atoms with E-state index in [0.29, 0.717) is 12.1 Å². The Balaban J connectivity index is 3.06. The number of benzene rings is 1. The minimum Gasteiger partial charge on any atom is -0.387 e. The molecule has 3 nitrogen and oxygen atoms in total. The van der Waals surface area contributed by atoms with Crippen molar-refractivity contribution in [1.82, 2.24) is 4.90 Å². The van der Waals surface area contributed by atoms with Crippen LogP contribution in [-0.2, 0) is 0 Å². The van der Waals surface area contributed by atoms with Crippen LogP contribution in [0.15, 0.2) is 18.2 Å². The summed E-state index contributed by atoms with van der Waals surface area (Å²) in [6.45, 7) is 2.45. The van der Waals surface area contributed by atoms with Gasteiger partial charge in [-0.05, 0) is 31.0 Å². The van der Waals surface area contributed by atoms with Crippen molar-refractivity contribution in [2.24, 2.45) is 0 Å². The van der Waals surface area contributed by atoms with Crippen LogP contribution >= 0.6 is 0 Å². The Morgan fingerprint density at radius 3 is 2.50 bits per heavy atom. The molecular formula is C14H19F3N2O. The number of nitrogens with one attached hydrogen (secondary N) is 1. The Morgan fingerprint density at radius 1 is 1.35 bits per heavy atom. The van der Waals surface area contributed by atoms with Crippen LogP contribution in [0.5, 0.6) is 0 Å². The molecule has 0 aromatic heterocycles. The van der Waals surface area contributed by atoms with Crippen molar-refractivity contribution < 1.29 is 18.0 Å². The Morgan fingerprint density at radius 2 is 2.00 bits per heavy atom. The first-order valence-electron chi connectivity index (χ1n) is 6.43. The number of alkyl halides is 3. The molecule has 1 amide bonds. The summed E-state index contributed by atoms with van der Waals surface area (Å²) in [7, 11) is 1.64. The average Bonchev–Trinajstić information content (AvgIpc) is 2.35. The van der Waals surface area contributed by atoms with Gasteiger partial charge in [-0.3, -0.25) is 4.79 Å². The quantitative estimate of drug-likeness (QED) is 0.900. The van der Waals surface area contributed by atoms with Crippen LogP contribution < -0.4 is 5.32 Å². The van der Waals surface area contributed by atoms with E-state index in [1.165, 1.54) is 0 Å². The maximum Gasteiger partial charge on any atom is 0.406 e. The summed E-state index contributed by atoms with van der Waals surface area (Å²) >= 11 is 0. The smallest absolute Gasteiger partial charge is 0.387 e. The molecule has 0 saturated heterocycles. The molecule has 0 aliphatic carbocycles. The standard InChI is InChI=1S/C14H19F3N2O/c1-4-7-19(9-14(15,16)17)13(20)11-6-5-10(2)8-12(11)18-3/h5-6,8,18H,4,7,9H2,1-3H3. The summed E-state index contributed by atoms with van der Waals surface area (Å²) < 4.78 is 37.6. The predicted octanol–water partition coefficient (Wildman–Crippen LogP) is 3.45. The van der Waals surface area contributed by atoms with E-state index in [-0.39, 0.29) is 12.1 Å². The number of rotatable bonds is 5. The molecule has 112 valence electrons. The maximum absolute atomic E-state index is 12.5. The van der Waals surface area contributed by atoms with Gasteiger partial charge in [0.15, 0.2) is 0 Å². The third-order valence-corrected chi connectivity index (χ3v) is 2.83. The number of aryl methyl sites for hydroxylation is 1. The highest BCUT2D eigenvalue weighted by atomic mass is 19.4. The normalized spacial score (nSPS) is 11.3. The van der Waals surface area contributed by atoms with Gasteiger partial charge in [0.05, 0.1) is 5.56 Å². The van der Waals surface area contributed by atoms with E-state index < -0.39 is 18.6 Å². The first-order valence-corrected chi connectivity index (χ1v) is 6.43. The van der Waals surface area contributed by atoms with Gasteiger partial charge in [0, 0.05) is 19.3 Å². The van der Waals surface area contributed by atoms with E-state index in [1.54, 1.807) is 32.2 Å². The number of nitrogens with zero attached hydrogens (tertiary/aromatic N) is 1. The number of amides is 1. The van der Waals surface area contributed by atoms with Crippen LogP contribution in [0.1, 0.15) is 29.3 Å². The minimum atomic E-state index is -4.39. The van der Waals surface area contributed by atoms with Gasteiger partial charge in [-0.15, -0.1) is 0 Å². The number of anilines is 1. The molecule has 1 aromatic carbocycles. The number of hydrogen-bond acceptors (Lipinski definition) is 2. The van der Waals surface area contributed by atoms with Crippen LogP contribution in [-0.4, -0.2) is 37.1 Å². The monoisotopic (exact) mass is 288 g/mol. The summed E-state index contributed by atoms with van der Waals surface area (Å²) in [5.74, 6) is -0.603. The van der Waals surface area contributed by atoms with E-state index >= 15 is 0 Å². The second-order valence-corrected chi connectivity index (χ2v) is 4.64. The number of carbonyl (C=O) groups excluding carboxylic acids is 1. The Labute approximate surface area is 116 Å². The van der Waals surface area contributed by atoms with Crippen LogP contribution in [0, 0.1) is 6.92 Å². The summed E-state index contributed by atoms with van der Waals surface area (Å²) in [4.78, 5) is 13.1. The van der Waals surface area contributed by atoms with Gasteiger partial charge in [-0.25, -0.2) is 0 Å². The summed E-state index contributed by atoms with van der Waals surface area (Å²) in [5, 5.41) is 2.85. The van der Waals surface area contributed by atoms with Crippen molar-refractivity contribution in [2.75, 3.05) is 25.5 Å². The molecule has 20 heavy (non-hydrogen) atoms. The molecule has 0 saturated carbocycles. The highest BCUT2D eigenvalue weighted by molar-refractivity contribution is 5.99. The van der Waals surface area contributed by atoms with Crippen LogP contribution in [0.4, 0.5) is 18.9 Å². The molecular weight excluding hydrogens is 269 g/mol. The van der Waals surface area contributed by atoms with Gasteiger partial charge in [0.25, 0.3) is 5.91 Å². The molecule has 0 radical (unpaired) electrons. The fourth-order valence-electron chi connectivity index (χ4n) is 1.96. The predicted molar refractivity (Wildman–Crippen MR) is 73.0 cm³/mol. The van der Waals surface area contributed by atoms with Gasteiger partial charge in [-0.2, -0.15) is 13.2 Å². The number of carbonyl (C=O) groups is 1. The lowest BCUT2D eigenvalue weighted by Gasteiger charge is -2.24. The summed E-state index contributed by atoms with van der Waals surface area (Å²) in [5.41, 5.74) is 1.73. The molecule has 0 atom stereocenters. The van der Waals surface area contributed by atoms with Gasteiger partial charge < -0.3 is 10.2 Å². The van der Waals surface area contributed by atoms with Gasteiger partial charge in [-0.1, -0.05) is 13.0 Å². The van der Waals surface area contributed by atoms with Crippen molar-refractivity contribution in [3.05, 3.63) is 29.3 Å². The molecule has 1 aromatic rings. The highest BCUT2D eigenvalue weighted by Crippen LogP contribution is 2.22. The lowest BCUT2D eigenvalue weighted by atomic mass is 10.1. The van der Waals surface area contributed by atoms with Gasteiger partial charge >= 0.3 is 6.18 Å². The molecule has 1 rings (SSSR count). The SMILES string of the molecule is CCCN(CC(F)(F)F)C(=O)c1ccc(C)cc1NC. The molecule has 0 fully saturated rings. The first kappa shape index (κ1) is 16.3. The van der Waals surface area contributed by atoms with Crippen molar-refractivity contribution in [1.29, 1.82) is 0 Å². The molecule has 0 aliphatic heterocycles. The zero-order chi connectivity index (χ0) is 15.3. The summed E-state index contributed by atoms with van der Waals surface area (Å²) in [6.07, 6.45) is -3.92. The molecule has 0 aliphatic rings. The highest BCUT2D eigenvalue weighted by Gasteiger charge is 2.33. The van der Waals surface area contributed by atoms with Crippen molar-refractivity contribution >= 4 is 11.6 Å². The zero-order valence-electron chi connectivity index (χ0n) is 11.8. The van der Waals surface area contributed by atoms with E-state index in [0.717, 1.165) is 10.5 Å². The lowest BCUT2D eigenvalue weighted by molar-refractivity contribution is -0.140. The summed E-state index contributed by atoms with van der Waals surface area (Å²) in [6, 6.07) is 5.01. The van der Waals surface area contributed by atoms with Crippen LogP contribution in [0.25, 0.3) is 0 Å². The van der Waals surface area contributed by atoms with Gasteiger partial charge in [0.1, 0.15) is 6.54 Å². The van der Waals surface area contributed by atoms with E-state index in [4.69, 9.17) is 0 Å². The van der Waals surface area contributed by atoms with E-state index in [9.17, 15) is 18.0 Å².